The molecule has 19 heavy (non-hydrogen) atoms. The normalized spacial score (nSPS) is 23.5. The highest BCUT2D eigenvalue weighted by molar-refractivity contribution is 9.10. The number of hydrogen-bond donors (Lipinski definition) is 1. The van der Waals surface area contributed by atoms with Crippen molar-refractivity contribution in [1.29, 1.82) is 0 Å². The summed E-state index contributed by atoms with van der Waals surface area (Å²) in [6.45, 7) is 7.62. The molecule has 1 aromatic rings. The summed E-state index contributed by atoms with van der Waals surface area (Å²) in [7, 11) is 0. The lowest BCUT2D eigenvalue weighted by Crippen LogP contribution is -2.36. The van der Waals surface area contributed by atoms with E-state index in [0.717, 1.165) is 17.4 Å². The molecule has 106 valence electrons. The van der Waals surface area contributed by atoms with Gasteiger partial charge in [-0.3, -0.25) is 0 Å². The highest BCUT2D eigenvalue weighted by atomic mass is 79.9. The Bertz CT molecular complexity index is 405. The van der Waals surface area contributed by atoms with Crippen molar-refractivity contribution in [3.63, 3.8) is 0 Å². The molecule has 2 unspecified atom stereocenters. The maximum Gasteiger partial charge on any atom is 0.163 e. The van der Waals surface area contributed by atoms with E-state index in [1.54, 1.807) is 0 Å². The van der Waals surface area contributed by atoms with E-state index in [1.807, 2.05) is 13.8 Å². The van der Waals surface area contributed by atoms with Gasteiger partial charge in [0.15, 0.2) is 5.79 Å². The largest absolute Gasteiger partial charge is 0.348 e. The fourth-order valence-electron chi connectivity index (χ4n) is 2.24. The van der Waals surface area contributed by atoms with E-state index in [0.29, 0.717) is 12.6 Å². The number of benzene rings is 1. The third-order valence-corrected chi connectivity index (χ3v) is 3.75. The van der Waals surface area contributed by atoms with Crippen molar-refractivity contribution in [2.45, 2.75) is 45.1 Å². The Morgan fingerprint density at radius 3 is 2.63 bits per heavy atom. The molecule has 1 aromatic carbocycles. The van der Waals surface area contributed by atoms with Gasteiger partial charge in [0.2, 0.25) is 0 Å². The van der Waals surface area contributed by atoms with Gasteiger partial charge in [-0.15, -0.1) is 0 Å². The van der Waals surface area contributed by atoms with Crippen LogP contribution in [0.5, 0.6) is 0 Å². The Morgan fingerprint density at radius 1 is 1.37 bits per heavy atom. The topological polar surface area (TPSA) is 30.5 Å². The molecule has 1 aliphatic rings. The Balaban J connectivity index is 1.73. The van der Waals surface area contributed by atoms with Crippen LogP contribution < -0.4 is 5.32 Å². The van der Waals surface area contributed by atoms with Gasteiger partial charge in [0.1, 0.15) is 0 Å². The molecule has 1 heterocycles. The molecule has 3 nitrogen and oxygen atoms in total. The van der Waals surface area contributed by atoms with Crippen LogP contribution in [0.15, 0.2) is 28.7 Å². The van der Waals surface area contributed by atoms with Crippen molar-refractivity contribution in [2.24, 2.45) is 0 Å². The summed E-state index contributed by atoms with van der Waals surface area (Å²) < 4.78 is 12.4. The van der Waals surface area contributed by atoms with Gasteiger partial charge in [0.25, 0.3) is 0 Å². The highest BCUT2D eigenvalue weighted by Gasteiger charge is 2.32. The van der Waals surface area contributed by atoms with Crippen LogP contribution in [0.25, 0.3) is 0 Å². The van der Waals surface area contributed by atoms with Crippen molar-refractivity contribution in [3.05, 3.63) is 34.3 Å². The van der Waals surface area contributed by atoms with E-state index in [9.17, 15) is 0 Å². The Morgan fingerprint density at radius 2 is 2.05 bits per heavy atom. The quantitative estimate of drug-likeness (QED) is 0.901. The summed E-state index contributed by atoms with van der Waals surface area (Å²) in [5.41, 5.74) is 1.34. The molecule has 0 radical (unpaired) electrons. The van der Waals surface area contributed by atoms with Crippen molar-refractivity contribution in [1.82, 2.24) is 5.32 Å². The van der Waals surface area contributed by atoms with Gasteiger partial charge in [-0.05, 0) is 44.9 Å². The maximum atomic E-state index is 5.77. The first-order valence-corrected chi connectivity index (χ1v) is 7.53. The van der Waals surface area contributed by atoms with Crippen LogP contribution in [0, 0.1) is 0 Å². The van der Waals surface area contributed by atoms with E-state index in [1.165, 1.54) is 5.56 Å². The van der Waals surface area contributed by atoms with Crippen LogP contribution >= 0.6 is 15.9 Å². The van der Waals surface area contributed by atoms with E-state index >= 15 is 0 Å². The minimum atomic E-state index is -0.429. The maximum absolute atomic E-state index is 5.77. The molecule has 1 saturated heterocycles. The Kier molecular flexibility index (Phi) is 5.01. The fraction of sp³-hybridized carbons (Fsp3) is 0.600. The highest BCUT2D eigenvalue weighted by Crippen LogP contribution is 2.21. The first kappa shape index (κ1) is 15.0. The van der Waals surface area contributed by atoms with Gasteiger partial charge < -0.3 is 14.8 Å². The molecular formula is C15H22BrNO2. The van der Waals surface area contributed by atoms with Gasteiger partial charge in [0, 0.05) is 17.1 Å². The van der Waals surface area contributed by atoms with Gasteiger partial charge in [-0.25, -0.2) is 0 Å². The molecule has 0 aliphatic carbocycles. The molecule has 2 atom stereocenters. The van der Waals surface area contributed by atoms with Gasteiger partial charge in [-0.1, -0.05) is 28.1 Å². The number of ether oxygens (including phenoxy) is 2. The monoisotopic (exact) mass is 327 g/mol. The molecule has 4 heteroatoms. The summed E-state index contributed by atoms with van der Waals surface area (Å²) in [5.74, 6) is -0.429. The molecule has 0 saturated carbocycles. The molecule has 0 spiro atoms. The van der Waals surface area contributed by atoms with E-state index in [-0.39, 0.29) is 6.10 Å². The predicted octanol–water partition coefficient (Wildman–Crippen LogP) is 3.12. The smallest absolute Gasteiger partial charge is 0.163 e. The van der Waals surface area contributed by atoms with Crippen molar-refractivity contribution < 1.29 is 9.47 Å². The van der Waals surface area contributed by atoms with E-state index < -0.39 is 5.79 Å². The second-order valence-electron chi connectivity index (χ2n) is 5.59. The molecule has 2 rings (SSSR count). The van der Waals surface area contributed by atoms with Gasteiger partial charge in [0.05, 0.1) is 12.7 Å². The zero-order valence-electron chi connectivity index (χ0n) is 11.8. The lowest BCUT2D eigenvalue weighted by Gasteiger charge is -2.19. The van der Waals surface area contributed by atoms with Crippen LogP contribution in [-0.2, 0) is 15.9 Å². The zero-order valence-corrected chi connectivity index (χ0v) is 13.4. The first-order chi connectivity index (χ1) is 8.94. The summed E-state index contributed by atoms with van der Waals surface area (Å²) in [5, 5.41) is 3.51. The molecule has 0 aromatic heterocycles. The summed E-state index contributed by atoms with van der Waals surface area (Å²) in [4.78, 5) is 0. The van der Waals surface area contributed by atoms with Crippen LogP contribution in [0.1, 0.15) is 26.3 Å². The molecular weight excluding hydrogens is 306 g/mol. The molecule has 1 fully saturated rings. The average molecular weight is 328 g/mol. The molecule has 0 amide bonds. The average Bonchev–Trinajstić information content (AvgIpc) is 2.69. The van der Waals surface area contributed by atoms with Crippen molar-refractivity contribution in [3.8, 4) is 0 Å². The van der Waals surface area contributed by atoms with E-state index in [2.05, 4.69) is 52.4 Å². The van der Waals surface area contributed by atoms with Gasteiger partial charge in [-0.2, -0.15) is 0 Å². The Hall–Kier alpha value is -0.420. The second kappa shape index (κ2) is 6.35. The summed E-state index contributed by atoms with van der Waals surface area (Å²) in [6.07, 6.45) is 1.17. The molecule has 1 N–H and O–H groups in total. The minimum Gasteiger partial charge on any atom is -0.348 e. The van der Waals surface area contributed by atoms with Crippen LogP contribution in [0.3, 0.4) is 0 Å². The number of hydrogen-bond acceptors (Lipinski definition) is 3. The predicted molar refractivity (Wildman–Crippen MR) is 80.2 cm³/mol. The number of halogens is 1. The van der Waals surface area contributed by atoms with Crippen molar-refractivity contribution in [2.75, 3.05) is 13.2 Å². The molecule has 1 aliphatic heterocycles. The SMILES string of the molecule is CC(Cc1ccc(Br)cc1)NCC1COC(C)(C)O1. The first-order valence-electron chi connectivity index (χ1n) is 6.74. The third-order valence-electron chi connectivity index (χ3n) is 3.22. The third kappa shape index (κ3) is 4.88. The lowest BCUT2D eigenvalue weighted by atomic mass is 10.1. The van der Waals surface area contributed by atoms with Crippen LogP contribution in [0.4, 0.5) is 0 Å². The van der Waals surface area contributed by atoms with Crippen LogP contribution in [0.2, 0.25) is 0 Å². The standard InChI is InChI=1S/C15H22BrNO2/c1-11(8-12-4-6-13(16)7-5-12)17-9-14-10-18-15(2,3)19-14/h4-7,11,14,17H,8-10H2,1-3H3. The zero-order chi connectivity index (χ0) is 13.9. The van der Waals surface area contributed by atoms with Gasteiger partial charge >= 0.3 is 0 Å². The molecule has 0 bridgehead atoms. The second-order valence-corrected chi connectivity index (χ2v) is 6.51. The van der Waals surface area contributed by atoms with E-state index in [4.69, 9.17) is 9.47 Å². The summed E-state index contributed by atoms with van der Waals surface area (Å²) in [6, 6.07) is 8.89. The Labute approximate surface area is 123 Å². The number of rotatable bonds is 5. The fourth-order valence-corrected chi connectivity index (χ4v) is 2.51. The van der Waals surface area contributed by atoms with Crippen LogP contribution in [-0.4, -0.2) is 31.1 Å². The minimum absolute atomic E-state index is 0.155. The van der Waals surface area contributed by atoms with Crippen molar-refractivity contribution >= 4 is 15.9 Å². The lowest BCUT2D eigenvalue weighted by molar-refractivity contribution is -0.137. The summed E-state index contributed by atoms with van der Waals surface area (Å²) >= 11 is 3.45. The number of nitrogens with one attached hydrogen (secondary N) is 1.